The van der Waals surface area contributed by atoms with Crippen LogP contribution in [0.15, 0.2) is 23.1 Å². The fraction of sp³-hybridized carbons (Fsp3) is 0.455. The van der Waals surface area contributed by atoms with E-state index < -0.39 is 11.6 Å². The van der Waals surface area contributed by atoms with Crippen LogP contribution in [0.25, 0.3) is 0 Å². The van der Waals surface area contributed by atoms with Crippen molar-refractivity contribution in [2.24, 2.45) is 0 Å². The van der Waals surface area contributed by atoms with Crippen LogP contribution in [0, 0.1) is 5.82 Å². The smallest absolute Gasteiger partial charge is 0.206 e. The third-order valence-corrected chi connectivity index (χ3v) is 2.79. The highest BCUT2D eigenvalue weighted by Gasteiger charge is 2.10. The number of hydrogen-bond acceptors (Lipinski definition) is 1. The van der Waals surface area contributed by atoms with Crippen LogP contribution in [-0.2, 0) is 6.42 Å². The lowest BCUT2D eigenvalue weighted by atomic mass is 10.1. The topological polar surface area (TPSA) is 0 Å². The minimum absolute atomic E-state index is 0.0187. The first-order chi connectivity index (χ1) is 7.13. The fourth-order valence-corrected chi connectivity index (χ4v) is 1.78. The second kappa shape index (κ2) is 6.05. The van der Waals surface area contributed by atoms with Crippen molar-refractivity contribution in [3.8, 4) is 0 Å². The first-order valence-corrected chi connectivity index (χ1v) is 5.74. The minimum atomic E-state index is -2.57. The lowest BCUT2D eigenvalue weighted by Gasteiger charge is -2.04. The number of benzene rings is 1. The van der Waals surface area contributed by atoms with Crippen molar-refractivity contribution in [1.82, 2.24) is 0 Å². The molecular formula is C11H13F3S. The molecule has 0 spiro atoms. The standard InChI is InChI=1S/C11H13F3S/c1-2-3-4-8-5-6-10(9(12)7-8)15-11(13)14/h5-7,11H,2-4H2,1H3. The second-order valence-electron chi connectivity index (χ2n) is 3.25. The molecule has 0 N–H and O–H groups in total. The van der Waals surface area contributed by atoms with E-state index in [0.717, 1.165) is 24.8 Å². The van der Waals surface area contributed by atoms with Gasteiger partial charge in [0.2, 0.25) is 0 Å². The van der Waals surface area contributed by atoms with Crippen LogP contribution < -0.4 is 0 Å². The van der Waals surface area contributed by atoms with Crippen molar-refractivity contribution in [3.05, 3.63) is 29.6 Å². The molecule has 0 atom stereocenters. The number of hydrogen-bond donors (Lipinski definition) is 0. The van der Waals surface area contributed by atoms with Crippen LogP contribution in [0.2, 0.25) is 0 Å². The van der Waals surface area contributed by atoms with Gasteiger partial charge in [-0.3, -0.25) is 0 Å². The molecule has 0 nitrogen and oxygen atoms in total. The fourth-order valence-electron chi connectivity index (χ4n) is 1.27. The molecule has 0 amide bonds. The van der Waals surface area contributed by atoms with Crippen LogP contribution in [0.5, 0.6) is 0 Å². The molecule has 0 aliphatic rings. The molecule has 1 aromatic rings. The Hall–Kier alpha value is -0.640. The summed E-state index contributed by atoms with van der Waals surface area (Å²) in [5.41, 5.74) is 0.868. The molecule has 0 radical (unpaired) electrons. The summed E-state index contributed by atoms with van der Waals surface area (Å²) in [5.74, 6) is -3.12. The minimum Gasteiger partial charge on any atom is -0.206 e. The normalized spacial score (nSPS) is 11.0. The van der Waals surface area contributed by atoms with Gasteiger partial charge in [0.1, 0.15) is 5.82 Å². The Kier molecular flexibility index (Phi) is 5.02. The summed E-state index contributed by atoms with van der Waals surface area (Å²) >= 11 is 0.249. The van der Waals surface area contributed by atoms with Crippen LogP contribution in [-0.4, -0.2) is 5.76 Å². The Morgan fingerprint density at radius 3 is 2.60 bits per heavy atom. The van der Waals surface area contributed by atoms with E-state index in [1.807, 2.05) is 0 Å². The van der Waals surface area contributed by atoms with Gasteiger partial charge in [0, 0.05) is 4.90 Å². The predicted octanol–water partition coefficient (Wildman–Crippen LogP) is 4.48. The molecule has 0 unspecified atom stereocenters. The van der Waals surface area contributed by atoms with Gasteiger partial charge in [-0.1, -0.05) is 31.2 Å². The van der Waals surface area contributed by atoms with E-state index in [0.29, 0.717) is 0 Å². The van der Waals surface area contributed by atoms with Gasteiger partial charge in [-0.05, 0) is 30.5 Å². The molecule has 1 rings (SSSR count). The number of rotatable bonds is 5. The van der Waals surface area contributed by atoms with Gasteiger partial charge in [0.25, 0.3) is 5.76 Å². The summed E-state index contributed by atoms with van der Waals surface area (Å²) < 4.78 is 37.3. The van der Waals surface area contributed by atoms with Crippen molar-refractivity contribution in [2.75, 3.05) is 0 Å². The van der Waals surface area contributed by atoms with E-state index in [4.69, 9.17) is 0 Å². The molecule has 4 heteroatoms. The largest absolute Gasteiger partial charge is 0.289 e. The molecular weight excluding hydrogens is 221 g/mol. The first-order valence-electron chi connectivity index (χ1n) is 4.86. The summed E-state index contributed by atoms with van der Waals surface area (Å²) in [6.45, 7) is 2.05. The van der Waals surface area contributed by atoms with E-state index in [2.05, 4.69) is 6.92 Å². The molecule has 0 bridgehead atoms. The van der Waals surface area contributed by atoms with Crippen molar-refractivity contribution in [2.45, 2.75) is 36.8 Å². The maximum absolute atomic E-state index is 13.3. The molecule has 15 heavy (non-hydrogen) atoms. The third-order valence-electron chi connectivity index (χ3n) is 2.03. The summed E-state index contributed by atoms with van der Waals surface area (Å²) in [7, 11) is 0. The Balaban J connectivity index is 2.70. The van der Waals surface area contributed by atoms with E-state index in [-0.39, 0.29) is 16.7 Å². The lowest BCUT2D eigenvalue weighted by molar-refractivity contribution is 0.251. The monoisotopic (exact) mass is 234 g/mol. The summed E-state index contributed by atoms with van der Waals surface area (Å²) in [6.07, 6.45) is 2.82. The molecule has 0 aliphatic heterocycles. The molecule has 0 saturated heterocycles. The maximum atomic E-state index is 13.3. The van der Waals surface area contributed by atoms with E-state index in [9.17, 15) is 13.2 Å². The zero-order chi connectivity index (χ0) is 11.3. The Morgan fingerprint density at radius 1 is 1.33 bits per heavy atom. The average Bonchev–Trinajstić information content (AvgIpc) is 2.18. The maximum Gasteiger partial charge on any atom is 0.289 e. The number of halogens is 3. The molecule has 0 aromatic heterocycles. The van der Waals surface area contributed by atoms with Gasteiger partial charge in [-0.2, -0.15) is 8.78 Å². The third kappa shape index (κ3) is 4.16. The summed E-state index contributed by atoms with van der Waals surface area (Å²) in [6, 6.07) is 4.49. The zero-order valence-corrected chi connectivity index (χ0v) is 9.29. The van der Waals surface area contributed by atoms with Crippen LogP contribution >= 0.6 is 11.8 Å². The SMILES string of the molecule is CCCCc1ccc(SC(F)F)c(F)c1. The Morgan fingerprint density at radius 2 is 2.07 bits per heavy atom. The van der Waals surface area contributed by atoms with Crippen molar-refractivity contribution in [1.29, 1.82) is 0 Å². The molecule has 0 saturated carbocycles. The van der Waals surface area contributed by atoms with Gasteiger partial charge in [0.15, 0.2) is 0 Å². The predicted molar refractivity (Wildman–Crippen MR) is 56.9 cm³/mol. The van der Waals surface area contributed by atoms with Crippen LogP contribution in [0.3, 0.4) is 0 Å². The first kappa shape index (κ1) is 12.4. The molecule has 84 valence electrons. The number of alkyl halides is 2. The molecule has 0 fully saturated rings. The van der Waals surface area contributed by atoms with Crippen LogP contribution in [0.1, 0.15) is 25.3 Å². The zero-order valence-electron chi connectivity index (χ0n) is 8.47. The van der Waals surface area contributed by atoms with Crippen LogP contribution in [0.4, 0.5) is 13.2 Å². The van der Waals surface area contributed by atoms with Gasteiger partial charge < -0.3 is 0 Å². The van der Waals surface area contributed by atoms with Crippen molar-refractivity contribution in [3.63, 3.8) is 0 Å². The van der Waals surface area contributed by atoms with E-state index in [1.54, 1.807) is 6.07 Å². The van der Waals surface area contributed by atoms with Gasteiger partial charge >= 0.3 is 0 Å². The summed E-state index contributed by atoms with van der Waals surface area (Å²) in [5, 5.41) is 0. The quantitative estimate of drug-likeness (QED) is 0.677. The molecule has 0 heterocycles. The van der Waals surface area contributed by atoms with Gasteiger partial charge in [-0.15, -0.1) is 0 Å². The summed E-state index contributed by atoms with van der Waals surface area (Å²) in [4.78, 5) is 0.0187. The number of thioether (sulfide) groups is 1. The highest BCUT2D eigenvalue weighted by Crippen LogP contribution is 2.28. The van der Waals surface area contributed by atoms with Crippen molar-refractivity contribution < 1.29 is 13.2 Å². The Labute approximate surface area is 91.9 Å². The highest BCUT2D eigenvalue weighted by atomic mass is 32.2. The van der Waals surface area contributed by atoms with Gasteiger partial charge in [-0.25, -0.2) is 4.39 Å². The van der Waals surface area contributed by atoms with Gasteiger partial charge in [0.05, 0.1) is 0 Å². The average molecular weight is 234 g/mol. The highest BCUT2D eigenvalue weighted by molar-refractivity contribution is 7.99. The van der Waals surface area contributed by atoms with E-state index in [1.165, 1.54) is 12.1 Å². The Bertz CT molecular complexity index is 313. The van der Waals surface area contributed by atoms with Crippen molar-refractivity contribution >= 4 is 11.8 Å². The second-order valence-corrected chi connectivity index (χ2v) is 4.28. The lowest BCUT2D eigenvalue weighted by Crippen LogP contribution is -1.90. The number of aryl methyl sites for hydroxylation is 1. The van der Waals surface area contributed by atoms with E-state index >= 15 is 0 Å². The number of unbranched alkanes of at least 4 members (excludes halogenated alkanes) is 1. The molecule has 0 aliphatic carbocycles. The molecule has 1 aromatic carbocycles.